The second kappa shape index (κ2) is 11.5. The highest BCUT2D eigenvalue weighted by Crippen LogP contribution is 2.36. The zero-order chi connectivity index (χ0) is 28.6. The lowest BCUT2D eigenvalue weighted by Crippen LogP contribution is -2.39. The SMILES string of the molecule is CCOC(=O)C1=C(C)N=c2s/c(=C\c3ccc(-c4ccc(Br)c(Cl)c4)o3)c(=O)n2[C@@H]1c1ccc(OC)c(OC)c1. The second-order valence-corrected chi connectivity index (χ2v) is 11.0. The number of aromatic nitrogens is 1. The molecule has 0 bridgehead atoms. The second-order valence-electron chi connectivity index (χ2n) is 8.75. The summed E-state index contributed by atoms with van der Waals surface area (Å²) in [6, 6.07) is 13.6. The Bertz CT molecular complexity index is 1840. The maximum absolute atomic E-state index is 13.9. The summed E-state index contributed by atoms with van der Waals surface area (Å²) in [4.78, 5) is 32.0. The van der Waals surface area contributed by atoms with Crippen molar-refractivity contribution in [3.63, 3.8) is 0 Å². The van der Waals surface area contributed by atoms with Gasteiger partial charge in [-0.3, -0.25) is 9.36 Å². The average Bonchev–Trinajstić information content (AvgIpc) is 3.53. The van der Waals surface area contributed by atoms with Crippen LogP contribution in [0.5, 0.6) is 11.5 Å². The van der Waals surface area contributed by atoms with Crippen LogP contribution in [0.2, 0.25) is 5.02 Å². The molecule has 206 valence electrons. The third-order valence-electron chi connectivity index (χ3n) is 6.34. The lowest BCUT2D eigenvalue weighted by molar-refractivity contribution is -0.139. The monoisotopic (exact) mass is 642 g/mol. The van der Waals surface area contributed by atoms with Crippen LogP contribution in [0.15, 0.2) is 78.5 Å². The quantitative estimate of drug-likeness (QED) is 0.247. The highest BCUT2D eigenvalue weighted by Gasteiger charge is 2.34. The van der Waals surface area contributed by atoms with Gasteiger partial charge in [-0.2, -0.15) is 0 Å². The van der Waals surface area contributed by atoms with E-state index in [1.54, 1.807) is 57.4 Å². The number of rotatable bonds is 7. The van der Waals surface area contributed by atoms with E-state index in [0.29, 0.717) is 48.6 Å². The van der Waals surface area contributed by atoms with Gasteiger partial charge in [-0.25, -0.2) is 9.79 Å². The van der Waals surface area contributed by atoms with E-state index < -0.39 is 12.0 Å². The van der Waals surface area contributed by atoms with Crippen LogP contribution < -0.4 is 24.4 Å². The number of ether oxygens (including phenoxy) is 3. The summed E-state index contributed by atoms with van der Waals surface area (Å²) >= 11 is 10.8. The zero-order valence-electron chi connectivity index (χ0n) is 22.0. The van der Waals surface area contributed by atoms with E-state index in [0.717, 1.165) is 10.0 Å². The van der Waals surface area contributed by atoms with E-state index in [-0.39, 0.29) is 17.7 Å². The number of hydrogen-bond donors (Lipinski definition) is 0. The van der Waals surface area contributed by atoms with Gasteiger partial charge in [0.25, 0.3) is 5.56 Å². The number of carbonyl (C=O) groups is 1. The molecule has 5 rings (SSSR count). The third-order valence-corrected chi connectivity index (χ3v) is 8.56. The maximum atomic E-state index is 13.9. The van der Waals surface area contributed by atoms with Gasteiger partial charge >= 0.3 is 5.97 Å². The maximum Gasteiger partial charge on any atom is 0.338 e. The summed E-state index contributed by atoms with van der Waals surface area (Å²) in [5, 5.41) is 0.562. The minimum atomic E-state index is -0.783. The van der Waals surface area contributed by atoms with Gasteiger partial charge < -0.3 is 18.6 Å². The predicted octanol–water partition coefficient (Wildman–Crippen LogP) is 5.49. The molecule has 0 spiro atoms. The number of thiazole rings is 1. The molecular formula is C29H24BrClN2O6S. The zero-order valence-corrected chi connectivity index (χ0v) is 25.1. The van der Waals surface area contributed by atoms with Gasteiger partial charge in [0.15, 0.2) is 16.3 Å². The molecule has 1 aliphatic rings. The molecule has 0 N–H and O–H groups in total. The van der Waals surface area contributed by atoms with Crippen LogP contribution in [0.1, 0.15) is 31.2 Å². The van der Waals surface area contributed by atoms with E-state index in [9.17, 15) is 9.59 Å². The molecule has 40 heavy (non-hydrogen) atoms. The van der Waals surface area contributed by atoms with E-state index in [1.807, 2.05) is 18.2 Å². The molecule has 0 aliphatic carbocycles. The summed E-state index contributed by atoms with van der Waals surface area (Å²) < 4.78 is 25.0. The third kappa shape index (κ3) is 5.14. The number of benzene rings is 2. The number of esters is 1. The van der Waals surface area contributed by atoms with Crippen LogP contribution in [0, 0.1) is 0 Å². The fraction of sp³-hybridized carbons (Fsp3) is 0.207. The Morgan fingerprint density at radius 3 is 2.62 bits per heavy atom. The number of hydrogen-bond acceptors (Lipinski definition) is 8. The number of allylic oxidation sites excluding steroid dienone is 1. The molecule has 11 heteroatoms. The van der Waals surface area contributed by atoms with Crippen LogP contribution in [-0.2, 0) is 9.53 Å². The van der Waals surface area contributed by atoms with E-state index in [4.69, 9.17) is 30.2 Å². The summed E-state index contributed by atoms with van der Waals surface area (Å²) in [7, 11) is 3.07. The largest absolute Gasteiger partial charge is 0.493 e. The first-order valence-corrected chi connectivity index (χ1v) is 14.2. The van der Waals surface area contributed by atoms with E-state index >= 15 is 0 Å². The average molecular weight is 644 g/mol. The predicted molar refractivity (Wildman–Crippen MR) is 157 cm³/mol. The molecule has 4 aromatic rings. The van der Waals surface area contributed by atoms with Crippen molar-refractivity contribution in [2.24, 2.45) is 4.99 Å². The summed E-state index contributed by atoms with van der Waals surface area (Å²) in [6.07, 6.45) is 1.67. The van der Waals surface area contributed by atoms with Crippen LogP contribution in [0.3, 0.4) is 0 Å². The summed E-state index contributed by atoms with van der Waals surface area (Å²) in [6.45, 7) is 3.65. The van der Waals surface area contributed by atoms with Gasteiger partial charge in [0.05, 0.1) is 47.7 Å². The Hall–Kier alpha value is -3.60. The Kier molecular flexibility index (Phi) is 8.02. The molecule has 0 unspecified atom stereocenters. The molecular weight excluding hydrogens is 620 g/mol. The first kappa shape index (κ1) is 27.9. The van der Waals surface area contributed by atoms with Crippen LogP contribution in [-0.4, -0.2) is 31.4 Å². The van der Waals surface area contributed by atoms with Crippen LogP contribution in [0.4, 0.5) is 0 Å². The van der Waals surface area contributed by atoms with Gasteiger partial charge in [0, 0.05) is 16.1 Å². The fourth-order valence-corrected chi connectivity index (χ4v) is 5.95. The molecule has 2 aromatic carbocycles. The standard InChI is InChI=1S/C29H24BrClN2O6S/c1-5-38-28(35)25-15(2)32-29-33(26(25)17-7-10-22(36-3)23(13-17)37-4)27(34)24(40-29)14-18-8-11-21(39-18)16-6-9-19(30)20(31)12-16/h6-14,26H,5H2,1-4H3/b24-14-/t26-/m1/s1. The summed E-state index contributed by atoms with van der Waals surface area (Å²) in [5.74, 6) is 1.55. The topological polar surface area (TPSA) is 92.3 Å². The van der Waals surface area contributed by atoms with Crippen LogP contribution in [0.25, 0.3) is 17.4 Å². The smallest absolute Gasteiger partial charge is 0.338 e. The van der Waals surface area contributed by atoms with Crippen LogP contribution >= 0.6 is 38.9 Å². The van der Waals surface area contributed by atoms with Crippen molar-refractivity contribution in [1.82, 2.24) is 4.57 Å². The molecule has 1 atom stereocenters. The Balaban J connectivity index is 1.65. The minimum Gasteiger partial charge on any atom is -0.493 e. The molecule has 3 heterocycles. The highest BCUT2D eigenvalue weighted by molar-refractivity contribution is 9.10. The molecule has 1 aliphatic heterocycles. The van der Waals surface area contributed by atoms with Crippen molar-refractivity contribution in [3.05, 3.63) is 100 Å². The van der Waals surface area contributed by atoms with E-state index in [2.05, 4.69) is 20.9 Å². The number of methoxy groups -OCH3 is 2. The molecule has 0 amide bonds. The molecule has 8 nitrogen and oxygen atoms in total. The Morgan fingerprint density at radius 2 is 1.93 bits per heavy atom. The van der Waals surface area contributed by atoms with Gasteiger partial charge in [-0.1, -0.05) is 35.1 Å². The Morgan fingerprint density at radius 1 is 1.15 bits per heavy atom. The van der Waals surface area contributed by atoms with Gasteiger partial charge in [-0.05, 0) is 71.7 Å². The van der Waals surface area contributed by atoms with Gasteiger partial charge in [-0.15, -0.1) is 0 Å². The molecule has 0 saturated carbocycles. The van der Waals surface area contributed by atoms with Crippen molar-refractivity contribution in [2.75, 3.05) is 20.8 Å². The lowest BCUT2D eigenvalue weighted by atomic mass is 9.95. The van der Waals surface area contributed by atoms with E-state index in [1.165, 1.54) is 23.0 Å². The molecule has 0 fully saturated rings. The van der Waals surface area contributed by atoms with Crippen molar-refractivity contribution >= 4 is 50.9 Å². The first-order valence-electron chi connectivity index (χ1n) is 12.2. The number of nitrogens with zero attached hydrogens (tertiary/aromatic N) is 2. The summed E-state index contributed by atoms with van der Waals surface area (Å²) in [5.41, 5.74) is 1.88. The first-order chi connectivity index (χ1) is 19.2. The Labute approximate surface area is 246 Å². The molecule has 0 saturated heterocycles. The highest BCUT2D eigenvalue weighted by atomic mass is 79.9. The molecule has 2 aromatic heterocycles. The number of halogens is 2. The van der Waals surface area contributed by atoms with Crippen molar-refractivity contribution in [1.29, 1.82) is 0 Å². The normalized spacial score (nSPS) is 15.1. The number of furan rings is 1. The van der Waals surface area contributed by atoms with Crippen molar-refractivity contribution < 1.29 is 23.4 Å². The van der Waals surface area contributed by atoms with Gasteiger partial charge in [0.1, 0.15) is 11.5 Å². The fourth-order valence-electron chi connectivity index (χ4n) is 4.49. The number of carbonyl (C=O) groups excluding carboxylic acids is 1. The lowest BCUT2D eigenvalue weighted by Gasteiger charge is -2.25. The van der Waals surface area contributed by atoms with Gasteiger partial charge in [0.2, 0.25) is 0 Å². The number of fused-ring (bicyclic) bond motifs is 1. The molecule has 0 radical (unpaired) electrons. The van der Waals surface area contributed by atoms with Crippen molar-refractivity contribution in [2.45, 2.75) is 19.9 Å². The van der Waals surface area contributed by atoms with Crippen molar-refractivity contribution in [3.8, 4) is 22.8 Å². The minimum absolute atomic E-state index is 0.184.